The van der Waals surface area contributed by atoms with Crippen molar-refractivity contribution in [1.29, 1.82) is 0 Å². The molecule has 0 radical (unpaired) electrons. The molecule has 0 bridgehead atoms. The van der Waals surface area contributed by atoms with Gasteiger partial charge in [0.25, 0.3) is 0 Å². The lowest BCUT2D eigenvalue weighted by Gasteiger charge is -2.25. The first kappa shape index (κ1) is 32.1. The maximum atomic E-state index is 13.3. The number of nitrogens with one attached hydrogen (secondary N) is 2. The standard InChI is InChI=1S/C30H38N4O8/c1-2-41-29(39)25-18-21-12-6-7-14-24(21)34(25)26(35)16-15-23(28(37)38)32-27(36)22(13-8-9-17-31)33-30(40)42-19-20-10-4-3-5-11-20/h3-7,10-12,14,22-23,25H,2,8-9,13,15-19,31H2,1H3,(H,32,36)(H,33,40)(H,37,38)/t22-,23+,25-/m0/s1. The zero-order valence-electron chi connectivity index (χ0n) is 23.6. The summed E-state index contributed by atoms with van der Waals surface area (Å²) in [6.07, 6.45) is 0.282. The van der Waals surface area contributed by atoms with Crippen molar-refractivity contribution in [3.8, 4) is 0 Å². The number of hydrogen-bond acceptors (Lipinski definition) is 8. The third-order valence-electron chi connectivity index (χ3n) is 6.83. The molecule has 0 saturated carbocycles. The molecule has 42 heavy (non-hydrogen) atoms. The molecule has 0 saturated heterocycles. The lowest BCUT2D eigenvalue weighted by molar-refractivity contribution is -0.146. The van der Waals surface area contributed by atoms with Gasteiger partial charge >= 0.3 is 18.0 Å². The number of carbonyl (C=O) groups is 5. The molecule has 0 spiro atoms. The van der Waals surface area contributed by atoms with Crippen LogP contribution in [0.1, 0.15) is 50.2 Å². The van der Waals surface area contributed by atoms with Gasteiger partial charge in [-0.3, -0.25) is 14.5 Å². The van der Waals surface area contributed by atoms with Crippen LogP contribution in [0.15, 0.2) is 54.6 Å². The van der Waals surface area contributed by atoms with Gasteiger partial charge in [-0.25, -0.2) is 14.4 Å². The molecule has 3 rings (SSSR count). The SMILES string of the molecule is CCOC(=O)[C@@H]1Cc2ccccc2N1C(=O)CC[C@@H](NC(=O)[C@H](CCCCN)NC(=O)OCc1ccccc1)C(=O)O. The van der Waals surface area contributed by atoms with Crippen LogP contribution in [0.3, 0.4) is 0 Å². The van der Waals surface area contributed by atoms with Crippen molar-refractivity contribution in [2.45, 2.75) is 70.2 Å². The highest BCUT2D eigenvalue weighted by Gasteiger charge is 2.39. The van der Waals surface area contributed by atoms with Crippen LogP contribution in [-0.4, -0.2) is 66.2 Å². The monoisotopic (exact) mass is 582 g/mol. The molecule has 3 amide bonds. The summed E-state index contributed by atoms with van der Waals surface area (Å²) in [5, 5.41) is 14.8. The number of para-hydroxylation sites is 1. The molecule has 12 heteroatoms. The minimum absolute atomic E-state index is 0.00387. The smallest absolute Gasteiger partial charge is 0.408 e. The first-order valence-corrected chi connectivity index (χ1v) is 14.0. The van der Waals surface area contributed by atoms with Gasteiger partial charge in [-0.05, 0) is 56.3 Å². The van der Waals surface area contributed by atoms with Gasteiger partial charge in [0.1, 0.15) is 24.7 Å². The average molecular weight is 583 g/mol. The number of fused-ring (bicyclic) bond motifs is 1. The van der Waals surface area contributed by atoms with Gasteiger partial charge in [-0.1, -0.05) is 48.5 Å². The molecular formula is C30H38N4O8. The van der Waals surface area contributed by atoms with Crippen molar-refractivity contribution in [3.05, 3.63) is 65.7 Å². The number of amides is 3. The van der Waals surface area contributed by atoms with E-state index in [0.29, 0.717) is 25.1 Å². The van der Waals surface area contributed by atoms with Crippen molar-refractivity contribution in [2.24, 2.45) is 5.73 Å². The molecule has 3 atom stereocenters. The summed E-state index contributed by atoms with van der Waals surface area (Å²) in [4.78, 5) is 64.8. The number of esters is 1. The first-order chi connectivity index (χ1) is 20.2. The number of benzene rings is 2. The average Bonchev–Trinajstić information content (AvgIpc) is 3.38. The van der Waals surface area contributed by atoms with Crippen molar-refractivity contribution in [3.63, 3.8) is 0 Å². The topological polar surface area (TPSA) is 177 Å². The number of rotatable bonds is 15. The molecule has 226 valence electrons. The number of anilines is 1. The van der Waals surface area contributed by atoms with Gasteiger partial charge in [0, 0.05) is 18.5 Å². The third kappa shape index (κ3) is 9.03. The summed E-state index contributed by atoms with van der Waals surface area (Å²) in [6, 6.07) is 12.7. The molecular weight excluding hydrogens is 544 g/mol. The molecule has 5 N–H and O–H groups in total. The van der Waals surface area contributed by atoms with Gasteiger partial charge in [-0.2, -0.15) is 0 Å². The van der Waals surface area contributed by atoms with Crippen LogP contribution in [0, 0.1) is 0 Å². The van der Waals surface area contributed by atoms with Crippen molar-refractivity contribution in [1.82, 2.24) is 10.6 Å². The number of nitrogens with two attached hydrogens (primary N) is 1. The molecule has 0 aromatic heterocycles. The molecule has 2 aromatic rings. The number of unbranched alkanes of at least 4 members (excludes halogenated alkanes) is 1. The van der Waals surface area contributed by atoms with E-state index in [9.17, 15) is 29.1 Å². The molecule has 1 aliphatic heterocycles. The van der Waals surface area contributed by atoms with E-state index in [1.165, 1.54) is 4.90 Å². The summed E-state index contributed by atoms with van der Waals surface area (Å²) < 4.78 is 10.4. The normalized spacial score (nSPS) is 15.2. The molecule has 0 unspecified atom stereocenters. The Hall–Kier alpha value is -4.45. The van der Waals surface area contributed by atoms with Crippen LogP contribution in [0.2, 0.25) is 0 Å². The zero-order valence-corrected chi connectivity index (χ0v) is 23.6. The summed E-state index contributed by atoms with van der Waals surface area (Å²) in [5.41, 5.74) is 7.69. The van der Waals surface area contributed by atoms with Gasteiger partial charge in [0.15, 0.2) is 0 Å². The summed E-state index contributed by atoms with van der Waals surface area (Å²) in [7, 11) is 0. The molecule has 2 aromatic carbocycles. The Kier molecular flexibility index (Phi) is 12.3. The van der Waals surface area contributed by atoms with E-state index in [0.717, 1.165) is 11.1 Å². The minimum atomic E-state index is -1.42. The Morgan fingerprint density at radius 2 is 1.67 bits per heavy atom. The second kappa shape index (κ2) is 16.1. The fourth-order valence-corrected chi connectivity index (χ4v) is 4.71. The quantitative estimate of drug-likeness (QED) is 0.181. The number of nitrogens with zero attached hydrogens (tertiary/aromatic N) is 1. The minimum Gasteiger partial charge on any atom is -0.480 e. The molecule has 12 nitrogen and oxygen atoms in total. The molecule has 1 heterocycles. The Morgan fingerprint density at radius 1 is 0.952 bits per heavy atom. The summed E-state index contributed by atoms with van der Waals surface area (Å²) >= 11 is 0. The van der Waals surface area contributed by atoms with Crippen LogP contribution >= 0.6 is 0 Å². The van der Waals surface area contributed by atoms with Crippen molar-refractivity contribution >= 4 is 35.5 Å². The van der Waals surface area contributed by atoms with E-state index >= 15 is 0 Å². The molecule has 0 aliphatic carbocycles. The van der Waals surface area contributed by atoms with Crippen LogP contribution < -0.4 is 21.3 Å². The largest absolute Gasteiger partial charge is 0.480 e. The van der Waals surface area contributed by atoms with Crippen LogP contribution in [-0.2, 0) is 41.7 Å². The van der Waals surface area contributed by atoms with Gasteiger partial charge in [0.05, 0.1) is 6.61 Å². The van der Waals surface area contributed by atoms with Crippen LogP contribution in [0.25, 0.3) is 0 Å². The second-order valence-electron chi connectivity index (χ2n) is 9.85. The highest BCUT2D eigenvalue weighted by atomic mass is 16.5. The van der Waals surface area contributed by atoms with E-state index in [1.54, 1.807) is 49.4 Å². The number of carboxylic acids is 1. The Bertz CT molecular complexity index is 1240. The first-order valence-electron chi connectivity index (χ1n) is 14.0. The Morgan fingerprint density at radius 3 is 2.36 bits per heavy atom. The fourth-order valence-electron chi connectivity index (χ4n) is 4.71. The van der Waals surface area contributed by atoms with Crippen LogP contribution in [0.5, 0.6) is 0 Å². The van der Waals surface area contributed by atoms with Gasteiger partial charge in [-0.15, -0.1) is 0 Å². The van der Waals surface area contributed by atoms with E-state index in [2.05, 4.69) is 10.6 Å². The van der Waals surface area contributed by atoms with Crippen molar-refractivity contribution in [2.75, 3.05) is 18.1 Å². The fraction of sp³-hybridized carbons (Fsp3) is 0.433. The number of aliphatic carboxylic acids is 1. The van der Waals surface area contributed by atoms with E-state index < -0.39 is 48.0 Å². The maximum absolute atomic E-state index is 13.3. The van der Waals surface area contributed by atoms with Gasteiger partial charge < -0.3 is 30.9 Å². The maximum Gasteiger partial charge on any atom is 0.408 e. The zero-order chi connectivity index (χ0) is 30.5. The van der Waals surface area contributed by atoms with Crippen molar-refractivity contribution < 1.29 is 38.6 Å². The molecule has 0 fully saturated rings. The van der Waals surface area contributed by atoms with E-state index in [1.807, 2.05) is 12.1 Å². The predicted molar refractivity (Wildman–Crippen MR) is 153 cm³/mol. The Balaban J connectivity index is 1.64. The summed E-state index contributed by atoms with van der Waals surface area (Å²) in [5.74, 6) is -3.08. The second-order valence-corrected chi connectivity index (χ2v) is 9.85. The number of hydrogen-bond donors (Lipinski definition) is 4. The number of carbonyl (C=O) groups excluding carboxylic acids is 4. The summed E-state index contributed by atoms with van der Waals surface area (Å²) in [6.45, 7) is 2.21. The number of ether oxygens (including phenoxy) is 2. The number of carboxylic acid groups (broad SMARTS) is 1. The highest BCUT2D eigenvalue weighted by molar-refractivity contribution is 6.02. The van der Waals surface area contributed by atoms with E-state index in [-0.39, 0.29) is 38.9 Å². The lowest BCUT2D eigenvalue weighted by atomic mass is 10.1. The van der Waals surface area contributed by atoms with Crippen LogP contribution in [0.4, 0.5) is 10.5 Å². The number of alkyl carbamates (subject to hydrolysis) is 1. The predicted octanol–water partition coefficient (Wildman–Crippen LogP) is 2.28. The Labute approximate surface area is 244 Å². The third-order valence-corrected chi connectivity index (χ3v) is 6.83. The van der Waals surface area contributed by atoms with Gasteiger partial charge in [0.2, 0.25) is 11.8 Å². The molecule has 1 aliphatic rings. The lowest BCUT2D eigenvalue weighted by Crippen LogP contribution is -2.52. The highest BCUT2D eigenvalue weighted by Crippen LogP contribution is 2.33. The van der Waals surface area contributed by atoms with E-state index in [4.69, 9.17) is 15.2 Å².